The molecule has 0 radical (unpaired) electrons. The van der Waals surface area contributed by atoms with Gasteiger partial charge in [0.1, 0.15) is 5.76 Å². The van der Waals surface area contributed by atoms with E-state index in [1.165, 1.54) is 12.8 Å². The molecule has 3 fully saturated rings. The van der Waals surface area contributed by atoms with Crippen LogP contribution in [0.3, 0.4) is 0 Å². The molecule has 0 bridgehead atoms. The van der Waals surface area contributed by atoms with Gasteiger partial charge in [-0.05, 0) is 50.7 Å². The molecular formula is C18H25NO4. The summed E-state index contributed by atoms with van der Waals surface area (Å²) in [4.78, 5) is 14.5. The Morgan fingerprint density at radius 3 is 3.04 bits per heavy atom. The fourth-order valence-electron chi connectivity index (χ4n) is 3.73. The molecule has 1 aromatic rings. The lowest BCUT2D eigenvalue weighted by Gasteiger charge is -2.39. The minimum atomic E-state index is -0.218. The van der Waals surface area contributed by atoms with Gasteiger partial charge < -0.3 is 18.8 Å². The summed E-state index contributed by atoms with van der Waals surface area (Å²) >= 11 is 0. The van der Waals surface area contributed by atoms with Crippen LogP contribution in [0.1, 0.15) is 48.4 Å². The molecule has 1 saturated carbocycles. The van der Waals surface area contributed by atoms with Gasteiger partial charge >= 0.3 is 0 Å². The van der Waals surface area contributed by atoms with Crippen LogP contribution >= 0.6 is 0 Å². The van der Waals surface area contributed by atoms with Crippen molar-refractivity contribution in [3.8, 4) is 0 Å². The van der Waals surface area contributed by atoms with Crippen LogP contribution in [0.4, 0.5) is 0 Å². The monoisotopic (exact) mass is 319 g/mol. The number of hydrogen-bond donors (Lipinski definition) is 0. The number of carbonyl (C=O) groups excluding carboxylic acids is 1. The molecule has 126 valence electrons. The summed E-state index contributed by atoms with van der Waals surface area (Å²) in [5, 5.41) is 0. The average Bonchev–Trinajstić information content (AvgIpc) is 3.17. The van der Waals surface area contributed by atoms with Crippen LogP contribution in [0.5, 0.6) is 0 Å². The van der Waals surface area contributed by atoms with E-state index >= 15 is 0 Å². The molecule has 5 nitrogen and oxygen atoms in total. The first-order valence-corrected chi connectivity index (χ1v) is 8.75. The molecule has 0 aromatic carbocycles. The zero-order valence-electron chi connectivity index (χ0n) is 13.8. The van der Waals surface area contributed by atoms with E-state index < -0.39 is 0 Å². The second-order valence-corrected chi connectivity index (χ2v) is 7.34. The molecule has 2 saturated heterocycles. The Kier molecular flexibility index (Phi) is 3.93. The maximum absolute atomic E-state index is 12.6. The number of nitrogens with zero attached hydrogens (tertiary/aromatic N) is 1. The van der Waals surface area contributed by atoms with Crippen LogP contribution in [-0.4, -0.2) is 48.8 Å². The molecular weight excluding hydrogens is 294 g/mol. The summed E-state index contributed by atoms with van der Waals surface area (Å²) in [6.45, 7) is 4.82. The van der Waals surface area contributed by atoms with E-state index in [1.807, 2.05) is 17.9 Å². The van der Waals surface area contributed by atoms with Gasteiger partial charge in [0, 0.05) is 19.6 Å². The number of ether oxygens (including phenoxy) is 2. The molecule has 1 amide bonds. The molecule has 2 atom stereocenters. The summed E-state index contributed by atoms with van der Waals surface area (Å²) < 4.78 is 17.6. The Hall–Kier alpha value is -1.33. The highest BCUT2D eigenvalue weighted by Crippen LogP contribution is 2.37. The van der Waals surface area contributed by atoms with E-state index in [0.29, 0.717) is 18.9 Å². The lowest BCUT2D eigenvalue weighted by Crippen LogP contribution is -2.50. The smallest absolute Gasteiger partial charge is 0.289 e. The van der Waals surface area contributed by atoms with Gasteiger partial charge in [0.15, 0.2) is 5.76 Å². The molecule has 1 aliphatic carbocycles. The minimum Gasteiger partial charge on any atom is -0.456 e. The van der Waals surface area contributed by atoms with E-state index in [4.69, 9.17) is 13.9 Å². The summed E-state index contributed by atoms with van der Waals surface area (Å²) in [6.07, 6.45) is 5.70. The molecule has 3 aliphatic rings. The third-order valence-corrected chi connectivity index (χ3v) is 5.22. The van der Waals surface area contributed by atoms with Crippen molar-refractivity contribution in [3.63, 3.8) is 0 Å². The van der Waals surface area contributed by atoms with Crippen LogP contribution in [0.15, 0.2) is 16.5 Å². The lowest BCUT2D eigenvalue weighted by molar-refractivity contribution is -0.0470. The van der Waals surface area contributed by atoms with E-state index in [1.54, 1.807) is 6.07 Å². The van der Waals surface area contributed by atoms with E-state index in [2.05, 4.69) is 0 Å². The number of likely N-dealkylation sites (tertiary alicyclic amines) is 1. The van der Waals surface area contributed by atoms with Crippen molar-refractivity contribution in [2.75, 3.05) is 26.3 Å². The fourth-order valence-corrected chi connectivity index (χ4v) is 3.73. The highest BCUT2D eigenvalue weighted by molar-refractivity contribution is 5.91. The first-order valence-electron chi connectivity index (χ1n) is 8.75. The molecule has 0 N–H and O–H groups in total. The first kappa shape index (κ1) is 15.2. The summed E-state index contributed by atoms with van der Waals surface area (Å²) in [5.74, 6) is 1.95. The third-order valence-electron chi connectivity index (χ3n) is 5.22. The quantitative estimate of drug-likeness (QED) is 0.856. The van der Waals surface area contributed by atoms with Gasteiger partial charge in [0.2, 0.25) is 0 Å². The van der Waals surface area contributed by atoms with Gasteiger partial charge in [-0.1, -0.05) is 0 Å². The highest BCUT2D eigenvalue weighted by atomic mass is 16.6. The van der Waals surface area contributed by atoms with Gasteiger partial charge in [-0.2, -0.15) is 0 Å². The third kappa shape index (κ3) is 3.31. The van der Waals surface area contributed by atoms with E-state index in [-0.39, 0.29) is 17.6 Å². The first-order chi connectivity index (χ1) is 11.1. The number of rotatable bonds is 4. The van der Waals surface area contributed by atoms with Crippen molar-refractivity contribution < 1.29 is 18.7 Å². The average molecular weight is 319 g/mol. The van der Waals surface area contributed by atoms with E-state index in [0.717, 1.165) is 44.1 Å². The van der Waals surface area contributed by atoms with Crippen molar-refractivity contribution >= 4 is 5.91 Å². The van der Waals surface area contributed by atoms with Crippen LogP contribution in [0, 0.1) is 12.8 Å². The molecule has 1 aromatic heterocycles. The summed E-state index contributed by atoms with van der Waals surface area (Å²) in [6, 6.07) is 3.59. The zero-order chi connectivity index (χ0) is 15.9. The molecule has 1 spiro atoms. The minimum absolute atomic E-state index is 0.0249. The maximum atomic E-state index is 12.6. The normalized spacial score (nSPS) is 31.0. The van der Waals surface area contributed by atoms with Crippen molar-refractivity contribution in [1.29, 1.82) is 0 Å². The van der Waals surface area contributed by atoms with Gasteiger partial charge in [0.05, 0.1) is 24.9 Å². The van der Waals surface area contributed by atoms with Crippen LogP contribution in [0.2, 0.25) is 0 Å². The topological polar surface area (TPSA) is 51.9 Å². The van der Waals surface area contributed by atoms with Crippen LogP contribution < -0.4 is 0 Å². The Balaban J connectivity index is 1.37. The number of hydrogen-bond acceptors (Lipinski definition) is 4. The van der Waals surface area contributed by atoms with Crippen LogP contribution in [-0.2, 0) is 9.47 Å². The number of piperidine rings is 1. The largest absolute Gasteiger partial charge is 0.456 e. The molecule has 0 unspecified atom stereocenters. The number of amides is 1. The molecule has 4 rings (SSSR count). The molecule has 23 heavy (non-hydrogen) atoms. The second-order valence-electron chi connectivity index (χ2n) is 7.34. The maximum Gasteiger partial charge on any atom is 0.289 e. The van der Waals surface area contributed by atoms with Gasteiger partial charge in [0.25, 0.3) is 5.91 Å². The number of furan rings is 1. The molecule has 3 heterocycles. The van der Waals surface area contributed by atoms with Crippen molar-refractivity contribution in [1.82, 2.24) is 4.90 Å². The number of carbonyl (C=O) groups is 1. The Morgan fingerprint density at radius 1 is 1.43 bits per heavy atom. The lowest BCUT2D eigenvalue weighted by atomic mass is 9.89. The fraction of sp³-hybridized carbons (Fsp3) is 0.722. The standard InChI is InChI=1S/C18H25NO4/c1-13-3-6-16(23-13)17(20)19-8-2-7-18(12-19)9-15(11-22-18)21-10-14-4-5-14/h3,6,14-15H,2,4-5,7-12H2,1H3/t15-,18-/m1/s1. The van der Waals surface area contributed by atoms with Crippen molar-refractivity contribution in [2.24, 2.45) is 5.92 Å². The Bertz CT molecular complexity index is 579. The zero-order valence-corrected chi connectivity index (χ0v) is 13.8. The van der Waals surface area contributed by atoms with Crippen LogP contribution in [0.25, 0.3) is 0 Å². The predicted octanol–water partition coefficient (Wildman–Crippen LogP) is 2.78. The van der Waals surface area contributed by atoms with Crippen molar-refractivity contribution in [2.45, 2.75) is 50.7 Å². The van der Waals surface area contributed by atoms with Gasteiger partial charge in [-0.25, -0.2) is 0 Å². The SMILES string of the molecule is Cc1ccc(C(=O)N2CCC[C@@]3(C[C@@H](OCC4CC4)CO3)C2)o1. The van der Waals surface area contributed by atoms with E-state index in [9.17, 15) is 4.79 Å². The van der Waals surface area contributed by atoms with Gasteiger partial charge in [-0.15, -0.1) is 0 Å². The van der Waals surface area contributed by atoms with Crippen molar-refractivity contribution in [3.05, 3.63) is 23.7 Å². The summed E-state index contributed by atoms with van der Waals surface area (Å²) in [5.41, 5.74) is -0.218. The van der Waals surface area contributed by atoms with Gasteiger partial charge in [-0.3, -0.25) is 4.79 Å². The molecule has 5 heteroatoms. The summed E-state index contributed by atoms with van der Waals surface area (Å²) in [7, 11) is 0. The predicted molar refractivity (Wildman–Crippen MR) is 84.3 cm³/mol. The molecule has 2 aliphatic heterocycles. The number of aryl methyl sites for hydroxylation is 1. The second kappa shape index (κ2) is 5.95. The Labute approximate surface area is 136 Å². The Morgan fingerprint density at radius 2 is 2.30 bits per heavy atom. The highest BCUT2D eigenvalue weighted by Gasteiger charge is 2.45.